The van der Waals surface area contributed by atoms with Crippen LogP contribution in [0.5, 0.6) is 11.5 Å². The van der Waals surface area contributed by atoms with E-state index in [4.69, 9.17) is 27.0 Å². The van der Waals surface area contributed by atoms with Crippen LogP contribution in [0, 0.1) is 10.8 Å². The van der Waals surface area contributed by atoms with Crippen LogP contribution in [0.25, 0.3) is 0 Å². The zero-order valence-electron chi connectivity index (χ0n) is 12.7. The first-order valence-corrected chi connectivity index (χ1v) is 7.00. The van der Waals surface area contributed by atoms with Crippen molar-refractivity contribution in [2.24, 2.45) is 11.5 Å². The average molecular weight is 323 g/mol. The molecule has 24 heavy (non-hydrogen) atoms. The number of nitrogens with two attached hydrogens (primary N) is 2. The fourth-order valence-electron chi connectivity index (χ4n) is 1.78. The van der Waals surface area contributed by atoms with E-state index in [1.807, 2.05) is 30.3 Å². The number of ether oxygens (including phenoxy) is 1. The smallest absolute Gasteiger partial charge is 0.250 e. The molecule has 0 aliphatic rings. The third-order valence-corrected chi connectivity index (χ3v) is 2.95. The summed E-state index contributed by atoms with van der Waals surface area (Å²) in [5.41, 5.74) is 10.6. The highest BCUT2D eigenvalue weighted by Crippen LogP contribution is 2.22. The summed E-state index contributed by atoms with van der Waals surface area (Å²) in [5, 5.41) is 17.1. The molecule has 0 radical (unpaired) electrons. The first kappa shape index (κ1) is 16.8. The van der Waals surface area contributed by atoms with Crippen LogP contribution in [0.4, 0.5) is 5.69 Å². The van der Waals surface area contributed by atoms with Crippen LogP contribution in [-0.2, 0) is 4.79 Å². The van der Waals surface area contributed by atoms with Gasteiger partial charge in [0.25, 0.3) is 5.91 Å². The molecule has 0 unspecified atom stereocenters. The molecule has 2 aromatic carbocycles. The largest absolute Gasteiger partial charge is 0.457 e. The van der Waals surface area contributed by atoms with E-state index in [1.165, 1.54) is 0 Å². The summed E-state index contributed by atoms with van der Waals surface area (Å²) in [6, 6.07) is 16.1. The summed E-state index contributed by atoms with van der Waals surface area (Å²) in [4.78, 5) is 11.8. The van der Waals surface area contributed by atoms with Gasteiger partial charge >= 0.3 is 0 Å². The Balaban J connectivity index is 1.98. The second-order valence-electron chi connectivity index (χ2n) is 4.82. The van der Waals surface area contributed by atoms with Gasteiger partial charge in [0.2, 0.25) is 0 Å². The lowest BCUT2D eigenvalue weighted by Crippen LogP contribution is -2.28. The van der Waals surface area contributed by atoms with Gasteiger partial charge in [-0.2, -0.15) is 0 Å². The minimum absolute atomic E-state index is 0.177. The van der Waals surface area contributed by atoms with Crippen LogP contribution < -0.4 is 21.5 Å². The van der Waals surface area contributed by atoms with Gasteiger partial charge < -0.3 is 21.5 Å². The van der Waals surface area contributed by atoms with Crippen molar-refractivity contribution in [2.45, 2.75) is 0 Å². The summed E-state index contributed by atoms with van der Waals surface area (Å²) in [6.07, 6.45) is 1.01. The molecule has 0 fully saturated rings. The number of benzene rings is 2. The highest BCUT2D eigenvalue weighted by molar-refractivity contribution is 6.44. The van der Waals surface area contributed by atoms with Gasteiger partial charge in [0.05, 0.1) is 5.70 Å². The predicted molar refractivity (Wildman–Crippen MR) is 93.5 cm³/mol. The molecule has 122 valence electrons. The molecule has 0 heterocycles. The quantitative estimate of drug-likeness (QED) is 0.316. The summed E-state index contributed by atoms with van der Waals surface area (Å²) < 4.78 is 5.65. The van der Waals surface area contributed by atoms with E-state index in [2.05, 4.69) is 5.32 Å². The van der Waals surface area contributed by atoms with Gasteiger partial charge in [-0.3, -0.25) is 15.6 Å². The van der Waals surface area contributed by atoms with Crippen LogP contribution in [0.2, 0.25) is 0 Å². The average Bonchev–Trinajstić information content (AvgIpc) is 2.56. The van der Waals surface area contributed by atoms with E-state index in [1.54, 1.807) is 24.3 Å². The molecular formula is C17H17N5O2. The Bertz CT molecular complexity index is 782. The van der Waals surface area contributed by atoms with Crippen molar-refractivity contribution < 1.29 is 9.53 Å². The van der Waals surface area contributed by atoms with Gasteiger partial charge in [-0.05, 0) is 36.4 Å². The topological polar surface area (TPSA) is 138 Å². The molecule has 0 aromatic heterocycles. The Hall–Kier alpha value is -3.61. The molecule has 0 atom stereocenters. The number of amidine groups is 1. The van der Waals surface area contributed by atoms with Crippen LogP contribution in [-0.4, -0.2) is 17.5 Å². The molecule has 0 saturated carbocycles. The maximum absolute atomic E-state index is 11.8. The van der Waals surface area contributed by atoms with E-state index >= 15 is 0 Å². The number of hydrogen-bond donors (Lipinski definition) is 5. The number of anilines is 1. The number of amides is 1. The summed E-state index contributed by atoms with van der Waals surface area (Å²) in [5.74, 6) is 0.328. The second kappa shape index (κ2) is 7.59. The van der Waals surface area contributed by atoms with Gasteiger partial charge in [0, 0.05) is 11.8 Å². The molecule has 7 nitrogen and oxygen atoms in total. The minimum atomic E-state index is -0.518. The molecule has 2 aromatic rings. The van der Waals surface area contributed by atoms with E-state index < -0.39 is 17.5 Å². The molecule has 7 heteroatoms. The van der Waals surface area contributed by atoms with Crippen molar-refractivity contribution in [3.8, 4) is 11.5 Å². The SMILES string of the molecule is N=C(N)C(=N)/C(N)=C\C(=O)Nc1ccc(Oc2ccccc2)cc1. The normalized spacial score (nSPS) is 10.8. The maximum atomic E-state index is 11.8. The summed E-state index contributed by atoms with van der Waals surface area (Å²) in [6.45, 7) is 0. The molecule has 0 saturated heterocycles. The summed E-state index contributed by atoms with van der Waals surface area (Å²) in [7, 11) is 0. The monoisotopic (exact) mass is 323 g/mol. The van der Waals surface area contributed by atoms with Crippen LogP contribution in [0.3, 0.4) is 0 Å². The Labute approximate surface area is 138 Å². The number of nitrogens with one attached hydrogen (secondary N) is 3. The van der Waals surface area contributed by atoms with Crippen molar-refractivity contribution in [1.29, 1.82) is 10.8 Å². The Morgan fingerprint density at radius 2 is 1.54 bits per heavy atom. The van der Waals surface area contributed by atoms with Crippen LogP contribution in [0.1, 0.15) is 0 Å². The highest BCUT2D eigenvalue weighted by Gasteiger charge is 2.07. The van der Waals surface area contributed by atoms with Gasteiger partial charge in [0.1, 0.15) is 23.0 Å². The van der Waals surface area contributed by atoms with Crippen molar-refractivity contribution in [2.75, 3.05) is 5.32 Å². The first-order chi connectivity index (χ1) is 11.5. The van der Waals surface area contributed by atoms with Gasteiger partial charge in [-0.25, -0.2) is 0 Å². The molecule has 2 rings (SSSR count). The third kappa shape index (κ3) is 4.70. The van der Waals surface area contributed by atoms with Crippen molar-refractivity contribution in [1.82, 2.24) is 0 Å². The zero-order chi connectivity index (χ0) is 17.5. The molecule has 0 spiro atoms. The van der Waals surface area contributed by atoms with E-state index in [-0.39, 0.29) is 5.70 Å². The lowest BCUT2D eigenvalue weighted by atomic mass is 10.2. The highest BCUT2D eigenvalue weighted by atomic mass is 16.5. The molecule has 0 aliphatic heterocycles. The number of rotatable bonds is 6. The van der Waals surface area contributed by atoms with Gasteiger partial charge in [0.15, 0.2) is 0 Å². The molecule has 0 bridgehead atoms. The number of para-hydroxylation sites is 1. The Kier molecular flexibility index (Phi) is 5.30. The lowest BCUT2D eigenvalue weighted by molar-refractivity contribution is -0.111. The van der Waals surface area contributed by atoms with E-state index in [0.29, 0.717) is 17.2 Å². The second-order valence-corrected chi connectivity index (χ2v) is 4.82. The van der Waals surface area contributed by atoms with Crippen molar-refractivity contribution >= 4 is 23.1 Å². The van der Waals surface area contributed by atoms with Crippen LogP contribution in [0.15, 0.2) is 66.4 Å². The molecule has 1 amide bonds. The Morgan fingerprint density at radius 3 is 2.12 bits per heavy atom. The zero-order valence-corrected chi connectivity index (χ0v) is 12.7. The summed E-state index contributed by atoms with van der Waals surface area (Å²) >= 11 is 0. The number of hydrogen-bond acceptors (Lipinski definition) is 5. The maximum Gasteiger partial charge on any atom is 0.250 e. The fraction of sp³-hybridized carbons (Fsp3) is 0. The first-order valence-electron chi connectivity index (χ1n) is 7.00. The lowest BCUT2D eigenvalue weighted by Gasteiger charge is -2.07. The molecular weight excluding hydrogens is 306 g/mol. The number of carbonyl (C=O) groups is 1. The van der Waals surface area contributed by atoms with Crippen LogP contribution >= 0.6 is 0 Å². The van der Waals surface area contributed by atoms with Gasteiger partial charge in [-0.15, -0.1) is 0 Å². The Morgan fingerprint density at radius 1 is 0.958 bits per heavy atom. The predicted octanol–water partition coefficient (Wildman–Crippen LogP) is 2.22. The molecule has 0 aliphatic carbocycles. The van der Waals surface area contributed by atoms with E-state index in [0.717, 1.165) is 6.08 Å². The van der Waals surface area contributed by atoms with Crippen molar-refractivity contribution in [3.63, 3.8) is 0 Å². The van der Waals surface area contributed by atoms with Crippen molar-refractivity contribution in [3.05, 3.63) is 66.4 Å². The fourth-order valence-corrected chi connectivity index (χ4v) is 1.78. The van der Waals surface area contributed by atoms with E-state index in [9.17, 15) is 4.79 Å². The number of carbonyl (C=O) groups excluding carboxylic acids is 1. The van der Waals surface area contributed by atoms with Gasteiger partial charge in [-0.1, -0.05) is 18.2 Å². The minimum Gasteiger partial charge on any atom is -0.457 e. The standard InChI is InChI=1S/C17H17N5O2/c18-14(16(19)17(20)21)10-15(23)22-11-6-8-13(9-7-11)24-12-4-2-1-3-5-12/h1-10,19H,18H2,(H3,20,21)(H,22,23)/b14-10+,19-16?. The molecule has 7 N–H and O–H groups in total. The third-order valence-electron chi connectivity index (χ3n) is 2.95.